The van der Waals surface area contributed by atoms with E-state index >= 15 is 0 Å². The van der Waals surface area contributed by atoms with Crippen LogP contribution >= 0.6 is 0 Å². The third-order valence-corrected chi connectivity index (χ3v) is 3.54. The van der Waals surface area contributed by atoms with Crippen molar-refractivity contribution in [2.75, 3.05) is 7.05 Å². The second kappa shape index (κ2) is 4.42. The molecule has 0 aromatic heterocycles. The van der Waals surface area contributed by atoms with Crippen molar-refractivity contribution < 1.29 is 0 Å². The van der Waals surface area contributed by atoms with Gasteiger partial charge < -0.3 is 5.32 Å². The van der Waals surface area contributed by atoms with Crippen LogP contribution in [0.5, 0.6) is 0 Å². The lowest BCUT2D eigenvalue weighted by molar-refractivity contribution is 0.520. The predicted molar refractivity (Wildman–Crippen MR) is 69.6 cm³/mol. The number of hydrogen-bond donors (Lipinski definition) is 1. The molecule has 1 aliphatic carbocycles. The lowest BCUT2D eigenvalue weighted by Crippen LogP contribution is -2.36. The van der Waals surface area contributed by atoms with Crippen molar-refractivity contribution in [2.24, 2.45) is 0 Å². The van der Waals surface area contributed by atoms with Gasteiger partial charge in [-0.25, -0.2) is 0 Å². The third-order valence-electron chi connectivity index (χ3n) is 3.54. The minimum absolute atomic E-state index is 0.354. The Kier molecular flexibility index (Phi) is 3.15. The Balaban J connectivity index is 2.28. The number of allylic oxidation sites excluding steroid dienone is 1. The summed E-state index contributed by atoms with van der Waals surface area (Å²) in [4.78, 5) is 0. The number of benzene rings is 1. The van der Waals surface area contributed by atoms with Crippen LogP contribution in [0, 0.1) is 0 Å². The summed E-state index contributed by atoms with van der Waals surface area (Å²) >= 11 is 0. The maximum absolute atomic E-state index is 3.46. The molecule has 2 rings (SSSR count). The van der Waals surface area contributed by atoms with Gasteiger partial charge >= 0.3 is 0 Å². The van der Waals surface area contributed by atoms with Gasteiger partial charge in [0.2, 0.25) is 0 Å². The summed E-state index contributed by atoms with van der Waals surface area (Å²) in [5.74, 6) is 0. The molecule has 0 amide bonds. The van der Waals surface area contributed by atoms with Gasteiger partial charge in [-0.05, 0) is 39.3 Å². The van der Waals surface area contributed by atoms with E-state index in [2.05, 4.69) is 62.6 Å². The topological polar surface area (TPSA) is 12.0 Å². The highest BCUT2D eigenvalue weighted by Gasteiger charge is 2.49. The van der Waals surface area contributed by atoms with Crippen LogP contribution in [0.25, 0.3) is 0 Å². The molecule has 1 heteroatoms. The number of likely N-dealkylation sites (N-methyl/N-ethyl adjacent to an activating group) is 1. The minimum atomic E-state index is 0.354. The summed E-state index contributed by atoms with van der Waals surface area (Å²) in [6, 6.07) is 11.4. The fourth-order valence-corrected chi connectivity index (χ4v) is 2.54. The van der Waals surface area contributed by atoms with Crippen LogP contribution in [0.1, 0.15) is 32.3 Å². The average molecular weight is 215 g/mol. The molecule has 0 saturated heterocycles. The normalized spacial score (nSPS) is 18.9. The van der Waals surface area contributed by atoms with Gasteiger partial charge in [0.25, 0.3) is 0 Å². The first-order valence-corrected chi connectivity index (χ1v) is 6.07. The van der Waals surface area contributed by atoms with Crippen molar-refractivity contribution in [3.63, 3.8) is 0 Å². The molecule has 16 heavy (non-hydrogen) atoms. The van der Waals surface area contributed by atoms with E-state index in [0.29, 0.717) is 11.5 Å². The van der Waals surface area contributed by atoms with Gasteiger partial charge in [-0.15, -0.1) is 0 Å². The maximum atomic E-state index is 3.46. The highest BCUT2D eigenvalue weighted by Crippen LogP contribution is 2.51. The molecule has 1 fully saturated rings. The van der Waals surface area contributed by atoms with Gasteiger partial charge in [-0.2, -0.15) is 0 Å². The molecule has 0 radical (unpaired) electrons. The molecule has 1 unspecified atom stereocenters. The van der Waals surface area contributed by atoms with Crippen LogP contribution in [-0.2, 0) is 5.41 Å². The molecule has 0 aliphatic heterocycles. The van der Waals surface area contributed by atoms with E-state index in [0.717, 1.165) is 0 Å². The standard InChI is InChI=1S/C15H21N/c1-12(2)11-14(16-3)15(9-10-15)13-7-5-4-6-8-13/h4-8,11,14,16H,9-10H2,1-3H3. The smallest absolute Gasteiger partial charge is 0.0347 e. The number of rotatable bonds is 4. The fourth-order valence-electron chi connectivity index (χ4n) is 2.54. The molecule has 1 N–H and O–H groups in total. The Hall–Kier alpha value is -1.08. The molecule has 1 aromatic carbocycles. The first-order chi connectivity index (χ1) is 7.69. The summed E-state index contributed by atoms with van der Waals surface area (Å²) < 4.78 is 0. The summed E-state index contributed by atoms with van der Waals surface area (Å²) in [5.41, 5.74) is 3.22. The largest absolute Gasteiger partial charge is 0.313 e. The lowest BCUT2D eigenvalue weighted by Gasteiger charge is -2.25. The quantitative estimate of drug-likeness (QED) is 0.760. The minimum Gasteiger partial charge on any atom is -0.313 e. The number of nitrogens with one attached hydrogen (secondary N) is 1. The van der Waals surface area contributed by atoms with E-state index in [-0.39, 0.29) is 0 Å². The van der Waals surface area contributed by atoms with Crippen LogP contribution in [0.15, 0.2) is 42.0 Å². The van der Waals surface area contributed by atoms with Crippen LogP contribution in [0.3, 0.4) is 0 Å². The zero-order valence-corrected chi connectivity index (χ0v) is 10.5. The van der Waals surface area contributed by atoms with Crippen LogP contribution in [0.2, 0.25) is 0 Å². The molecule has 1 atom stereocenters. The monoisotopic (exact) mass is 215 g/mol. The van der Waals surface area contributed by atoms with Crippen molar-refractivity contribution in [1.29, 1.82) is 0 Å². The van der Waals surface area contributed by atoms with Crippen molar-refractivity contribution in [1.82, 2.24) is 5.32 Å². The average Bonchev–Trinajstić information content (AvgIpc) is 3.08. The van der Waals surface area contributed by atoms with Gasteiger partial charge in [0.15, 0.2) is 0 Å². The van der Waals surface area contributed by atoms with Crippen LogP contribution < -0.4 is 5.32 Å². The van der Waals surface area contributed by atoms with Gasteiger partial charge in [-0.3, -0.25) is 0 Å². The van der Waals surface area contributed by atoms with E-state index < -0.39 is 0 Å². The third kappa shape index (κ3) is 2.05. The zero-order chi connectivity index (χ0) is 11.6. The summed E-state index contributed by atoms with van der Waals surface area (Å²) in [5, 5.41) is 3.46. The highest BCUT2D eigenvalue weighted by molar-refractivity contribution is 5.36. The van der Waals surface area contributed by atoms with E-state index in [4.69, 9.17) is 0 Å². The maximum Gasteiger partial charge on any atom is 0.0347 e. The van der Waals surface area contributed by atoms with E-state index in [1.54, 1.807) is 0 Å². The van der Waals surface area contributed by atoms with Crippen LogP contribution in [0.4, 0.5) is 0 Å². The summed E-state index contributed by atoms with van der Waals surface area (Å²) in [7, 11) is 2.06. The molecule has 0 spiro atoms. The van der Waals surface area contributed by atoms with Gasteiger partial charge in [0.1, 0.15) is 0 Å². The molecule has 0 bridgehead atoms. The second-order valence-corrected chi connectivity index (χ2v) is 5.03. The molecule has 86 valence electrons. The summed E-state index contributed by atoms with van der Waals surface area (Å²) in [6.07, 6.45) is 4.96. The molecule has 0 heterocycles. The van der Waals surface area contributed by atoms with E-state index in [1.165, 1.54) is 24.0 Å². The Morgan fingerprint density at radius 1 is 1.25 bits per heavy atom. The molecular formula is C15H21N. The molecule has 1 aliphatic rings. The molecule has 1 aromatic rings. The predicted octanol–water partition coefficient (Wildman–Crippen LogP) is 3.27. The van der Waals surface area contributed by atoms with Gasteiger partial charge in [0.05, 0.1) is 0 Å². The van der Waals surface area contributed by atoms with Gasteiger partial charge in [0, 0.05) is 11.5 Å². The SMILES string of the molecule is CNC(C=C(C)C)C1(c2ccccc2)CC1. The molecular weight excluding hydrogens is 194 g/mol. The summed E-state index contributed by atoms with van der Waals surface area (Å²) in [6.45, 7) is 4.34. The zero-order valence-electron chi connectivity index (χ0n) is 10.5. The fraction of sp³-hybridized carbons (Fsp3) is 0.467. The lowest BCUT2D eigenvalue weighted by atomic mass is 9.87. The highest BCUT2D eigenvalue weighted by atomic mass is 14.9. The first-order valence-electron chi connectivity index (χ1n) is 6.07. The first kappa shape index (κ1) is 11.4. The number of hydrogen-bond acceptors (Lipinski definition) is 1. The molecule has 1 nitrogen and oxygen atoms in total. The Bertz CT molecular complexity index is 370. The van der Waals surface area contributed by atoms with Crippen molar-refractivity contribution in [3.05, 3.63) is 47.5 Å². The van der Waals surface area contributed by atoms with Gasteiger partial charge in [-0.1, -0.05) is 42.0 Å². The second-order valence-electron chi connectivity index (χ2n) is 5.03. The van der Waals surface area contributed by atoms with Crippen molar-refractivity contribution >= 4 is 0 Å². The Morgan fingerprint density at radius 2 is 1.88 bits per heavy atom. The van der Waals surface area contributed by atoms with E-state index in [1.807, 2.05) is 0 Å². The Labute approximate surface area is 98.6 Å². The van der Waals surface area contributed by atoms with Crippen molar-refractivity contribution in [3.8, 4) is 0 Å². The van der Waals surface area contributed by atoms with Crippen LogP contribution in [-0.4, -0.2) is 13.1 Å². The van der Waals surface area contributed by atoms with Crippen molar-refractivity contribution in [2.45, 2.75) is 38.1 Å². The van der Waals surface area contributed by atoms with E-state index in [9.17, 15) is 0 Å². The molecule has 1 saturated carbocycles. The Morgan fingerprint density at radius 3 is 2.31 bits per heavy atom.